The van der Waals surface area contributed by atoms with Crippen LogP contribution < -0.4 is 0 Å². The van der Waals surface area contributed by atoms with Gasteiger partial charge in [-0.25, -0.2) is 0 Å². The molecule has 0 aromatic rings. The van der Waals surface area contributed by atoms with E-state index < -0.39 is 5.79 Å². The molecule has 0 spiro atoms. The number of rotatable bonds is 1. The normalized spacial score (nSPS) is 38.9. The Balaban J connectivity index is 2.24. The molecule has 2 rings (SSSR count). The maximum absolute atomic E-state index is 11.8. The molecule has 1 aliphatic heterocycles. The zero-order valence-corrected chi connectivity index (χ0v) is 9.58. The summed E-state index contributed by atoms with van der Waals surface area (Å²) in [6, 6.07) is 0. The van der Waals surface area contributed by atoms with Crippen LogP contribution in [0.2, 0.25) is 0 Å². The first-order chi connectivity index (χ1) is 6.91. The fourth-order valence-corrected chi connectivity index (χ4v) is 2.55. The van der Waals surface area contributed by atoms with Crippen molar-refractivity contribution >= 4 is 5.78 Å². The highest BCUT2D eigenvalue weighted by atomic mass is 16.8. The van der Waals surface area contributed by atoms with Crippen LogP contribution in [-0.2, 0) is 14.3 Å². The van der Waals surface area contributed by atoms with Gasteiger partial charge in [0, 0.05) is 6.42 Å². The fraction of sp³-hybridized carbons (Fsp3) is 0.750. The Hall–Kier alpha value is -0.670. The summed E-state index contributed by atoms with van der Waals surface area (Å²) in [6.07, 6.45) is 1.28. The van der Waals surface area contributed by atoms with Gasteiger partial charge in [-0.1, -0.05) is 12.2 Å². The van der Waals surface area contributed by atoms with Crippen LogP contribution in [0.3, 0.4) is 0 Å². The second kappa shape index (κ2) is 3.42. The second-order valence-electron chi connectivity index (χ2n) is 4.97. The molecule has 1 saturated heterocycles. The summed E-state index contributed by atoms with van der Waals surface area (Å²) in [6.45, 7) is 9.56. The van der Waals surface area contributed by atoms with Crippen molar-refractivity contribution in [3.63, 3.8) is 0 Å². The Kier molecular flexibility index (Phi) is 2.47. The van der Waals surface area contributed by atoms with Gasteiger partial charge in [0.25, 0.3) is 0 Å². The third kappa shape index (κ3) is 1.86. The van der Waals surface area contributed by atoms with E-state index >= 15 is 0 Å². The first-order valence-corrected chi connectivity index (χ1v) is 5.44. The highest BCUT2D eigenvalue weighted by molar-refractivity contribution is 5.85. The molecule has 0 amide bonds. The molecule has 2 fully saturated rings. The van der Waals surface area contributed by atoms with Gasteiger partial charge in [-0.2, -0.15) is 0 Å². The van der Waals surface area contributed by atoms with E-state index in [0.29, 0.717) is 6.42 Å². The Morgan fingerprint density at radius 3 is 2.73 bits per heavy atom. The Labute approximate surface area is 90.4 Å². The minimum absolute atomic E-state index is 0.0550. The SMILES string of the molecule is C=C(C)[C@H]1C(=O)CC[C@@H]2OC(C)(C)O[C@H]12. The van der Waals surface area contributed by atoms with Crippen LogP contribution >= 0.6 is 0 Å². The summed E-state index contributed by atoms with van der Waals surface area (Å²) in [5.41, 5.74) is 0.885. The van der Waals surface area contributed by atoms with Crippen LogP contribution in [0.1, 0.15) is 33.6 Å². The third-order valence-corrected chi connectivity index (χ3v) is 3.10. The van der Waals surface area contributed by atoms with Gasteiger partial charge in [0.15, 0.2) is 5.79 Å². The molecule has 3 heteroatoms. The molecule has 0 N–H and O–H groups in total. The first-order valence-electron chi connectivity index (χ1n) is 5.44. The van der Waals surface area contributed by atoms with E-state index in [9.17, 15) is 4.79 Å². The summed E-state index contributed by atoms with van der Waals surface area (Å²) >= 11 is 0. The van der Waals surface area contributed by atoms with Crippen molar-refractivity contribution in [1.82, 2.24) is 0 Å². The average molecular weight is 210 g/mol. The quantitative estimate of drug-likeness (QED) is 0.621. The van der Waals surface area contributed by atoms with Gasteiger partial charge in [0.1, 0.15) is 11.9 Å². The van der Waals surface area contributed by atoms with Crippen LogP contribution in [0.5, 0.6) is 0 Å². The number of hydrogen-bond acceptors (Lipinski definition) is 3. The van der Waals surface area contributed by atoms with Gasteiger partial charge in [-0.05, 0) is 27.2 Å². The topological polar surface area (TPSA) is 35.5 Å². The summed E-state index contributed by atoms with van der Waals surface area (Å²) in [4.78, 5) is 11.8. The van der Waals surface area contributed by atoms with Crippen molar-refractivity contribution < 1.29 is 14.3 Å². The van der Waals surface area contributed by atoms with Gasteiger partial charge in [0.05, 0.1) is 12.0 Å². The maximum Gasteiger partial charge on any atom is 0.163 e. The predicted molar refractivity (Wildman–Crippen MR) is 56.4 cm³/mol. The van der Waals surface area contributed by atoms with Crippen molar-refractivity contribution in [3.8, 4) is 0 Å². The minimum atomic E-state index is -0.562. The summed E-state index contributed by atoms with van der Waals surface area (Å²) < 4.78 is 11.6. The number of ether oxygens (including phenoxy) is 2. The molecule has 0 aromatic heterocycles. The molecule has 1 aliphatic carbocycles. The first kappa shape index (κ1) is 10.8. The van der Waals surface area contributed by atoms with Gasteiger partial charge < -0.3 is 9.47 Å². The molecule has 0 unspecified atom stereocenters. The summed E-state index contributed by atoms with van der Waals surface area (Å²) in [7, 11) is 0. The van der Waals surface area contributed by atoms with Crippen LogP contribution in [0, 0.1) is 5.92 Å². The molecule has 15 heavy (non-hydrogen) atoms. The van der Waals surface area contributed by atoms with Crippen LogP contribution in [0.4, 0.5) is 0 Å². The van der Waals surface area contributed by atoms with Crippen LogP contribution in [0.15, 0.2) is 12.2 Å². The second-order valence-corrected chi connectivity index (χ2v) is 4.97. The van der Waals surface area contributed by atoms with E-state index in [1.54, 1.807) is 0 Å². The van der Waals surface area contributed by atoms with E-state index in [1.165, 1.54) is 0 Å². The molecule has 0 radical (unpaired) electrons. The number of carbonyl (C=O) groups is 1. The fourth-order valence-electron chi connectivity index (χ4n) is 2.55. The van der Waals surface area contributed by atoms with Crippen molar-refractivity contribution in [3.05, 3.63) is 12.2 Å². The number of hydrogen-bond donors (Lipinski definition) is 0. The highest BCUT2D eigenvalue weighted by Crippen LogP contribution is 2.40. The lowest BCUT2D eigenvalue weighted by Crippen LogP contribution is -2.41. The van der Waals surface area contributed by atoms with Crippen molar-refractivity contribution in [2.45, 2.75) is 51.6 Å². The highest BCUT2D eigenvalue weighted by Gasteiger charge is 2.49. The van der Waals surface area contributed by atoms with Crippen LogP contribution in [0.25, 0.3) is 0 Å². The predicted octanol–water partition coefficient (Wildman–Crippen LogP) is 2.06. The Bertz CT molecular complexity index is 306. The molecular formula is C12H18O3. The molecule has 3 atom stereocenters. The molecule has 1 heterocycles. The average Bonchev–Trinajstić information content (AvgIpc) is 2.37. The van der Waals surface area contributed by atoms with E-state index in [4.69, 9.17) is 9.47 Å². The van der Waals surface area contributed by atoms with E-state index in [2.05, 4.69) is 6.58 Å². The Morgan fingerprint density at radius 2 is 2.13 bits per heavy atom. The molecule has 0 bridgehead atoms. The standard InChI is InChI=1S/C12H18O3/c1-7(2)10-8(13)5-6-9-11(10)15-12(3,4)14-9/h9-11H,1,5-6H2,2-4H3/t9-,10-,11-/m0/s1. The molecule has 1 saturated carbocycles. The van der Waals surface area contributed by atoms with Crippen molar-refractivity contribution in [2.24, 2.45) is 5.92 Å². The lowest BCUT2D eigenvalue weighted by atomic mass is 9.80. The summed E-state index contributed by atoms with van der Waals surface area (Å²) in [5, 5.41) is 0. The third-order valence-electron chi connectivity index (χ3n) is 3.10. The van der Waals surface area contributed by atoms with E-state index in [0.717, 1.165) is 12.0 Å². The maximum atomic E-state index is 11.8. The smallest absolute Gasteiger partial charge is 0.163 e. The number of ketones is 1. The van der Waals surface area contributed by atoms with Gasteiger partial charge >= 0.3 is 0 Å². The van der Waals surface area contributed by atoms with Crippen molar-refractivity contribution in [2.75, 3.05) is 0 Å². The molecule has 0 aromatic carbocycles. The zero-order valence-electron chi connectivity index (χ0n) is 9.58. The number of carbonyl (C=O) groups excluding carboxylic acids is 1. The molecule has 3 nitrogen and oxygen atoms in total. The molecular weight excluding hydrogens is 192 g/mol. The lowest BCUT2D eigenvalue weighted by molar-refractivity contribution is -0.149. The monoisotopic (exact) mass is 210 g/mol. The van der Waals surface area contributed by atoms with E-state index in [-0.39, 0.29) is 23.9 Å². The largest absolute Gasteiger partial charge is 0.345 e. The van der Waals surface area contributed by atoms with Gasteiger partial charge in [-0.3, -0.25) is 4.79 Å². The Morgan fingerprint density at radius 1 is 1.47 bits per heavy atom. The van der Waals surface area contributed by atoms with Crippen LogP contribution in [-0.4, -0.2) is 23.8 Å². The van der Waals surface area contributed by atoms with Crippen molar-refractivity contribution in [1.29, 1.82) is 0 Å². The minimum Gasteiger partial charge on any atom is -0.345 e. The van der Waals surface area contributed by atoms with Gasteiger partial charge in [0.2, 0.25) is 0 Å². The van der Waals surface area contributed by atoms with E-state index in [1.807, 2.05) is 20.8 Å². The molecule has 84 valence electrons. The zero-order chi connectivity index (χ0) is 11.2. The molecule has 2 aliphatic rings. The summed E-state index contributed by atoms with van der Waals surface area (Å²) in [5.74, 6) is -0.497. The number of fused-ring (bicyclic) bond motifs is 1. The number of Topliss-reactive ketones (excluding diaryl/α,β-unsaturated/α-hetero) is 1. The van der Waals surface area contributed by atoms with Gasteiger partial charge in [-0.15, -0.1) is 0 Å². The lowest BCUT2D eigenvalue weighted by Gasteiger charge is -2.30.